The van der Waals surface area contributed by atoms with Crippen molar-refractivity contribution in [1.82, 2.24) is 20.4 Å². The number of H-pyrrole nitrogens is 1. The van der Waals surface area contributed by atoms with E-state index in [0.717, 1.165) is 37.9 Å². The second kappa shape index (κ2) is 8.79. The summed E-state index contributed by atoms with van der Waals surface area (Å²) in [6.07, 6.45) is 9.25. The van der Waals surface area contributed by atoms with E-state index in [2.05, 4.69) is 20.4 Å². The lowest BCUT2D eigenvalue weighted by atomic mass is 10.0. The standard InChI is InChI=1S/C15H26N4O2/c20-12-14-4-1-2-8-19(14)9-3-7-16-15(21)6-5-13-10-17-18-11-13/h10-11,14,20H,1-9,12H2,(H,16,21)(H,17,18). The van der Waals surface area contributed by atoms with E-state index in [0.29, 0.717) is 19.0 Å². The highest BCUT2D eigenvalue weighted by atomic mass is 16.3. The quantitative estimate of drug-likeness (QED) is 0.616. The average Bonchev–Trinajstić information content (AvgIpc) is 3.03. The molecule has 2 heterocycles. The molecule has 3 N–H and O–H groups in total. The topological polar surface area (TPSA) is 81.2 Å². The van der Waals surface area contributed by atoms with Crippen LogP contribution in [0.4, 0.5) is 0 Å². The van der Waals surface area contributed by atoms with Crippen molar-refractivity contribution in [3.8, 4) is 0 Å². The van der Waals surface area contributed by atoms with Gasteiger partial charge in [0.05, 0.1) is 12.8 Å². The highest BCUT2D eigenvalue weighted by molar-refractivity contribution is 5.76. The van der Waals surface area contributed by atoms with Crippen molar-refractivity contribution in [1.29, 1.82) is 0 Å². The second-order valence-electron chi connectivity index (χ2n) is 5.68. The fourth-order valence-corrected chi connectivity index (χ4v) is 2.83. The van der Waals surface area contributed by atoms with Gasteiger partial charge in [0.1, 0.15) is 0 Å². The van der Waals surface area contributed by atoms with Crippen LogP contribution in [0.3, 0.4) is 0 Å². The molecule has 21 heavy (non-hydrogen) atoms. The van der Waals surface area contributed by atoms with Crippen molar-refractivity contribution < 1.29 is 9.90 Å². The molecule has 1 aromatic heterocycles. The predicted molar refractivity (Wildman–Crippen MR) is 80.8 cm³/mol. The molecule has 118 valence electrons. The summed E-state index contributed by atoms with van der Waals surface area (Å²) in [6, 6.07) is 0.315. The summed E-state index contributed by atoms with van der Waals surface area (Å²) in [5.74, 6) is 0.0913. The highest BCUT2D eigenvalue weighted by Gasteiger charge is 2.20. The van der Waals surface area contributed by atoms with Crippen molar-refractivity contribution in [3.05, 3.63) is 18.0 Å². The summed E-state index contributed by atoms with van der Waals surface area (Å²) in [6.45, 7) is 2.98. The number of likely N-dealkylation sites (tertiary alicyclic amines) is 1. The van der Waals surface area contributed by atoms with Crippen molar-refractivity contribution in [2.24, 2.45) is 0 Å². The van der Waals surface area contributed by atoms with Crippen LogP contribution in [0.25, 0.3) is 0 Å². The number of aryl methyl sites for hydroxylation is 1. The first kappa shape index (κ1) is 16.0. The Morgan fingerprint density at radius 2 is 2.43 bits per heavy atom. The summed E-state index contributed by atoms with van der Waals surface area (Å²) in [5.41, 5.74) is 1.06. The van der Waals surface area contributed by atoms with Gasteiger partial charge < -0.3 is 10.4 Å². The minimum atomic E-state index is 0.0913. The number of aliphatic hydroxyl groups excluding tert-OH is 1. The lowest BCUT2D eigenvalue weighted by Crippen LogP contribution is -2.43. The van der Waals surface area contributed by atoms with Crippen LogP contribution in [0.5, 0.6) is 0 Å². The van der Waals surface area contributed by atoms with E-state index >= 15 is 0 Å². The Morgan fingerprint density at radius 1 is 1.52 bits per heavy atom. The number of aromatic amines is 1. The number of hydrogen-bond acceptors (Lipinski definition) is 4. The number of hydrogen-bond donors (Lipinski definition) is 3. The van der Waals surface area contributed by atoms with Gasteiger partial charge in [-0.15, -0.1) is 0 Å². The molecule has 0 bridgehead atoms. The van der Waals surface area contributed by atoms with Gasteiger partial charge in [-0.3, -0.25) is 14.8 Å². The summed E-state index contributed by atoms with van der Waals surface area (Å²) in [4.78, 5) is 14.1. The molecule has 1 aromatic rings. The summed E-state index contributed by atoms with van der Waals surface area (Å²) in [7, 11) is 0. The van der Waals surface area contributed by atoms with Crippen LogP contribution in [-0.4, -0.2) is 58.4 Å². The van der Waals surface area contributed by atoms with Gasteiger partial charge in [0, 0.05) is 31.7 Å². The molecule has 1 saturated heterocycles. The summed E-state index contributed by atoms with van der Waals surface area (Å²) < 4.78 is 0. The molecule has 0 aromatic carbocycles. The maximum Gasteiger partial charge on any atom is 0.220 e. The van der Waals surface area contributed by atoms with Gasteiger partial charge >= 0.3 is 0 Å². The van der Waals surface area contributed by atoms with E-state index in [4.69, 9.17) is 0 Å². The Bertz CT molecular complexity index is 408. The van der Waals surface area contributed by atoms with E-state index in [9.17, 15) is 9.90 Å². The number of nitrogens with one attached hydrogen (secondary N) is 2. The van der Waals surface area contributed by atoms with Crippen molar-refractivity contribution in [2.45, 2.75) is 44.6 Å². The molecule has 1 aliphatic heterocycles. The van der Waals surface area contributed by atoms with Gasteiger partial charge in [0.15, 0.2) is 0 Å². The van der Waals surface area contributed by atoms with Crippen LogP contribution in [-0.2, 0) is 11.2 Å². The van der Waals surface area contributed by atoms with Crippen LogP contribution in [0.1, 0.15) is 37.7 Å². The third kappa shape index (κ3) is 5.47. The molecule has 0 saturated carbocycles. The second-order valence-corrected chi connectivity index (χ2v) is 5.68. The average molecular weight is 294 g/mol. The number of carbonyl (C=O) groups is 1. The van der Waals surface area contributed by atoms with Gasteiger partial charge in [-0.1, -0.05) is 6.42 Å². The van der Waals surface area contributed by atoms with Crippen LogP contribution in [0.15, 0.2) is 12.4 Å². The van der Waals surface area contributed by atoms with E-state index < -0.39 is 0 Å². The van der Waals surface area contributed by atoms with Gasteiger partial charge in [-0.25, -0.2) is 0 Å². The molecule has 1 atom stereocenters. The predicted octanol–water partition coefficient (Wildman–Crippen LogP) is 0.695. The van der Waals surface area contributed by atoms with Crippen LogP contribution in [0, 0.1) is 0 Å². The maximum atomic E-state index is 11.7. The van der Waals surface area contributed by atoms with E-state index in [1.165, 1.54) is 12.8 Å². The van der Waals surface area contributed by atoms with Gasteiger partial charge in [-0.05, 0) is 37.8 Å². The fraction of sp³-hybridized carbons (Fsp3) is 0.733. The van der Waals surface area contributed by atoms with Crippen LogP contribution < -0.4 is 5.32 Å². The number of aliphatic hydroxyl groups is 1. The first-order chi connectivity index (χ1) is 10.3. The first-order valence-corrected chi connectivity index (χ1v) is 7.89. The molecule has 1 aliphatic rings. The Morgan fingerprint density at radius 3 is 3.19 bits per heavy atom. The molecule has 1 unspecified atom stereocenters. The molecule has 1 fully saturated rings. The third-order valence-corrected chi connectivity index (χ3v) is 4.10. The molecular formula is C15H26N4O2. The Balaban J connectivity index is 1.55. The number of aromatic nitrogens is 2. The van der Waals surface area contributed by atoms with Gasteiger partial charge in [0.25, 0.3) is 0 Å². The van der Waals surface area contributed by atoms with Gasteiger partial charge in [0.2, 0.25) is 5.91 Å². The zero-order valence-electron chi connectivity index (χ0n) is 12.6. The highest BCUT2D eigenvalue weighted by Crippen LogP contribution is 2.16. The number of rotatable bonds is 8. The zero-order chi connectivity index (χ0) is 14.9. The fourth-order valence-electron chi connectivity index (χ4n) is 2.83. The zero-order valence-corrected chi connectivity index (χ0v) is 12.6. The molecule has 1 amide bonds. The van der Waals surface area contributed by atoms with E-state index in [1.54, 1.807) is 6.20 Å². The van der Waals surface area contributed by atoms with Crippen molar-refractivity contribution in [2.75, 3.05) is 26.2 Å². The van der Waals surface area contributed by atoms with Gasteiger partial charge in [-0.2, -0.15) is 5.10 Å². The van der Waals surface area contributed by atoms with Crippen molar-refractivity contribution in [3.63, 3.8) is 0 Å². The molecule has 2 rings (SSSR count). The van der Waals surface area contributed by atoms with Crippen molar-refractivity contribution >= 4 is 5.91 Å². The summed E-state index contributed by atoms with van der Waals surface area (Å²) in [5, 5.41) is 18.9. The number of carbonyl (C=O) groups excluding carboxylic acids is 1. The lowest BCUT2D eigenvalue weighted by Gasteiger charge is -2.34. The van der Waals surface area contributed by atoms with E-state index in [1.807, 2.05) is 6.20 Å². The Hall–Kier alpha value is -1.40. The minimum Gasteiger partial charge on any atom is -0.395 e. The number of piperidine rings is 1. The summed E-state index contributed by atoms with van der Waals surface area (Å²) >= 11 is 0. The minimum absolute atomic E-state index is 0.0913. The molecular weight excluding hydrogens is 268 g/mol. The number of amides is 1. The van der Waals surface area contributed by atoms with Crippen LogP contribution in [0.2, 0.25) is 0 Å². The molecule has 6 nitrogen and oxygen atoms in total. The molecule has 6 heteroatoms. The first-order valence-electron chi connectivity index (χ1n) is 7.89. The SMILES string of the molecule is O=C(CCc1cn[nH]c1)NCCCN1CCCCC1CO. The monoisotopic (exact) mass is 294 g/mol. The molecule has 0 spiro atoms. The maximum absolute atomic E-state index is 11.7. The smallest absolute Gasteiger partial charge is 0.220 e. The number of nitrogens with zero attached hydrogens (tertiary/aromatic N) is 2. The normalized spacial score (nSPS) is 19.6. The Labute approximate surface area is 125 Å². The molecule has 0 aliphatic carbocycles. The third-order valence-electron chi connectivity index (χ3n) is 4.10. The molecule has 0 radical (unpaired) electrons. The van der Waals surface area contributed by atoms with Crippen LogP contribution >= 0.6 is 0 Å². The lowest BCUT2D eigenvalue weighted by molar-refractivity contribution is -0.121. The van der Waals surface area contributed by atoms with E-state index in [-0.39, 0.29) is 12.5 Å². The largest absolute Gasteiger partial charge is 0.395 e. The Kier molecular flexibility index (Phi) is 6.69.